The summed E-state index contributed by atoms with van der Waals surface area (Å²) in [5, 5.41) is 2.24. The maximum atomic E-state index is 13.2. The van der Waals surface area contributed by atoms with Crippen molar-refractivity contribution in [3.63, 3.8) is 0 Å². The number of carbonyl (C=O) groups excluding carboxylic acids is 2. The quantitative estimate of drug-likeness (QED) is 0.0213. The van der Waals surface area contributed by atoms with Gasteiger partial charge in [0.1, 0.15) is 16.9 Å². The van der Waals surface area contributed by atoms with Gasteiger partial charge in [0.15, 0.2) is 10.9 Å². The Kier molecular flexibility index (Phi) is 29.1. The van der Waals surface area contributed by atoms with Crippen LogP contribution in [0.15, 0.2) is 128 Å². The summed E-state index contributed by atoms with van der Waals surface area (Å²) in [6, 6.07) is 25.8. The fourth-order valence-corrected chi connectivity index (χ4v) is 11.5. The van der Waals surface area contributed by atoms with Gasteiger partial charge in [-0.25, -0.2) is 16.8 Å². The number of ether oxygens (including phenoxy) is 1. The van der Waals surface area contributed by atoms with E-state index in [2.05, 4.69) is 107 Å². The molecule has 4 aliphatic rings. The molecule has 7 rings (SSSR count). The van der Waals surface area contributed by atoms with Crippen molar-refractivity contribution < 1.29 is 160 Å². The van der Waals surface area contributed by atoms with E-state index >= 15 is 0 Å². The Balaban J connectivity index is 0.000000427. The minimum absolute atomic E-state index is 0. The zero-order valence-electron chi connectivity index (χ0n) is 47.2. The van der Waals surface area contributed by atoms with E-state index in [4.69, 9.17) is 21.4 Å². The number of carbonyl (C=O) groups is 2. The Morgan fingerprint density at radius 1 is 0.775 bits per heavy atom. The summed E-state index contributed by atoms with van der Waals surface area (Å²) in [4.78, 5) is 37.2. The first-order valence-corrected chi connectivity index (χ1v) is 29.2. The first-order chi connectivity index (χ1) is 37.1. The predicted octanol–water partition coefficient (Wildman–Crippen LogP) is 6.86. The molecule has 0 N–H and O–H groups in total. The standard InChI is InChI=1S/C27H31F5N4O7S3.C27H30N2O.C2H6.2K/c1-3-5-15-35-23(37)19(24(38)36(26(35)44)16-6-4-2)11-7-10-14-22-34(20-12-8-9-13-21(20)42-22)17-18-45(39,40)33-46(41,27(30,31)32)43-25(28)29;1-6-28-20-10-13-23-25(16-20)30-26-17-21(29(7-2)8-3)11-14-24(26)27(23)22-12-9-18(4)15-19(22)5;1-2;;/h7-14,25H,3-6,15-18H2,1-2H3;9-17H,6-8H2,1-5H3;1-2H3;;/q;;;2*+1/b10-7+,22-14-;;;;. The van der Waals surface area contributed by atoms with Crippen LogP contribution in [0.25, 0.3) is 33.4 Å². The molecule has 0 radical (unpaired) electrons. The third kappa shape index (κ3) is 17.9. The van der Waals surface area contributed by atoms with Gasteiger partial charge in [-0.15, -0.1) is 0 Å². The number of allylic oxidation sites excluding steroid dienone is 4. The zero-order chi connectivity index (χ0) is 57.5. The van der Waals surface area contributed by atoms with Crippen LogP contribution < -0.4 is 123 Å². The van der Waals surface area contributed by atoms with Gasteiger partial charge in [-0.2, -0.15) is 22.0 Å². The minimum atomic E-state index is -6.31. The number of sulfonamides is 1. The summed E-state index contributed by atoms with van der Waals surface area (Å²) in [5.41, 5.74) is 2.43. The Morgan fingerprint density at radius 2 is 1.39 bits per heavy atom. The summed E-state index contributed by atoms with van der Waals surface area (Å²) < 4.78 is 118. The molecule has 80 heavy (non-hydrogen) atoms. The molecule has 0 bridgehead atoms. The molecule has 422 valence electrons. The van der Waals surface area contributed by atoms with Crippen LogP contribution in [-0.2, 0) is 33.8 Å². The van der Waals surface area contributed by atoms with Crippen molar-refractivity contribution in [3.8, 4) is 28.2 Å². The molecule has 0 aromatic heterocycles. The fraction of sp³-hybridized carbons (Fsp3) is 0.393. The Hall–Kier alpha value is -3.22. The summed E-state index contributed by atoms with van der Waals surface area (Å²) in [5.74, 6) is -1.19. The molecule has 14 nitrogen and oxygen atoms in total. The van der Waals surface area contributed by atoms with Crippen LogP contribution in [0.4, 0.5) is 33.3 Å². The Bertz CT molecular complexity index is 3310. The molecule has 1 saturated heterocycles. The van der Waals surface area contributed by atoms with Crippen LogP contribution in [0.3, 0.4) is 0 Å². The van der Waals surface area contributed by atoms with Gasteiger partial charge in [-0.1, -0.05) is 92.4 Å². The number of halogens is 5. The number of para-hydroxylation sites is 2. The van der Waals surface area contributed by atoms with Crippen LogP contribution in [0.2, 0.25) is 0 Å². The molecule has 3 aliphatic heterocycles. The first kappa shape index (κ1) is 71.0. The van der Waals surface area contributed by atoms with Crippen molar-refractivity contribution in [2.75, 3.05) is 54.8 Å². The van der Waals surface area contributed by atoms with Gasteiger partial charge in [0.05, 0.1) is 16.8 Å². The van der Waals surface area contributed by atoms with Crippen molar-refractivity contribution in [2.45, 2.75) is 100 Å². The van der Waals surface area contributed by atoms with Gasteiger partial charge >= 0.3 is 115 Å². The molecular weight excluding hydrogens is 1150 g/mol. The second-order valence-electron chi connectivity index (χ2n) is 17.5. The third-order valence-corrected chi connectivity index (χ3v) is 16.0. The normalized spacial score (nSPS) is 15.0. The van der Waals surface area contributed by atoms with E-state index in [0.717, 1.165) is 60.1 Å². The molecule has 0 spiro atoms. The van der Waals surface area contributed by atoms with Gasteiger partial charge in [0.25, 0.3) is 31.8 Å². The maximum Gasteiger partial charge on any atom is 1.00 e. The average molecular weight is 1220 g/mol. The molecule has 24 heteroatoms. The van der Waals surface area contributed by atoms with Crippen molar-refractivity contribution >= 4 is 71.5 Å². The molecule has 1 atom stereocenters. The number of anilines is 2. The van der Waals surface area contributed by atoms with E-state index in [1.165, 1.54) is 79.1 Å². The van der Waals surface area contributed by atoms with Crippen LogP contribution in [0.5, 0.6) is 5.75 Å². The second-order valence-corrected chi connectivity index (χ2v) is 21.7. The monoisotopic (exact) mass is 1220 g/mol. The molecule has 1 unspecified atom stereocenters. The molecule has 3 heterocycles. The number of aryl methyl sites for hydroxylation is 2. The van der Waals surface area contributed by atoms with E-state index in [-0.39, 0.29) is 125 Å². The van der Waals surface area contributed by atoms with Crippen molar-refractivity contribution in [1.29, 1.82) is 0 Å². The molecule has 3 aromatic rings. The van der Waals surface area contributed by atoms with E-state index in [1.54, 1.807) is 12.1 Å². The number of fused-ring (bicyclic) bond motifs is 3. The summed E-state index contributed by atoms with van der Waals surface area (Å²) in [6.07, 6.45) is 8.31. The van der Waals surface area contributed by atoms with Crippen molar-refractivity contribution in [3.05, 3.63) is 131 Å². The number of hydrogen-bond acceptors (Lipinski definition) is 12. The minimum Gasteiger partial charge on any atom is -0.456 e. The van der Waals surface area contributed by atoms with Gasteiger partial charge in [-0.3, -0.25) is 24.4 Å². The average Bonchev–Trinajstić information content (AvgIpc) is 3.78. The van der Waals surface area contributed by atoms with Crippen molar-refractivity contribution in [1.82, 2.24) is 9.80 Å². The molecule has 1 aliphatic carbocycles. The fourth-order valence-electron chi connectivity index (χ4n) is 8.49. The molecule has 1 fully saturated rings. The van der Waals surface area contributed by atoms with Gasteiger partial charge in [0.2, 0.25) is 5.88 Å². The predicted molar refractivity (Wildman–Crippen MR) is 302 cm³/mol. The number of amides is 2. The van der Waals surface area contributed by atoms with Crippen LogP contribution >= 0.6 is 12.2 Å². The van der Waals surface area contributed by atoms with E-state index in [0.29, 0.717) is 31.6 Å². The topological polar surface area (TPSA) is 155 Å². The van der Waals surface area contributed by atoms with Gasteiger partial charge in [0, 0.05) is 73.6 Å². The Labute approximate surface area is 557 Å². The molecule has 2 amide bonds. The molecule has 3 aromatic carbocycles. The Morgan fingerprint density at radius 3 is 1.96 bits per heavy atom. The van der Waals surface area contributed by atoms with E-state index < -0.39 is 56.3 Å². The van der Waals surface area contributed by atoms with Crippen LogP contribution in [0.1, 0.15) is 85.3 Å². The van der Waals surface area contributed by atoms with Gasteiger partial charge in [-0.05, 0) is 119 Å². The third-order valence-electron chi connectivity index (χ3n) is 12.2. The molecular formula is C56H67F5K2N6O8S3+2. The van der Waals surface area contributed by atoms with E-state index in [1.807, 2.05) is 27.7 Å². The number of unbranched alkanes of at least 4 members (excludes halogenated alkanes) is 2. The van der Waals surface area contributed by atoms with E-state index in [9.17, 15) is 44.2 Å². The van der Waals surface area contributed by atoms with Crippen LogP contribution in [0, 0.1) is 13.8 Å². The van der Waals surface area contributed by atoms with Crippen molar-refractivity contribution in [2.24, 2.45) is 8.76 Å². The number of rotatable bonds is 19. The largest absolute Gasteiger partial charge is 1.00 e. The van der Waals surface area contributed by atoms with Gasteiger partial charge < -0.3 is 19.0 Å². The summed E-state index contributed by atoms with van der Waals surface area (Å²) in [6.45, 7) is 17.2. The summed E-state index contributed by atoms with van der Waals surface area (Å²) in [7, 11) is -11.5. The SMILES string of the molecule is CC.CCCCN1C(=O)C(=C/C=C/C=C2\Oc3ccccc3N2CCS(=O)(=O)N=S(=O)(OC(F)F)C(F)(F)F)C(=O)N(CCCC)C1=S.CCN=c1ccc2c(-c3ccc(C)cc3C)c3ccc(N(CC)CC)cc3oc-2c1.[K+].[K+]. The number of nitrogens with zero attached hydrogens (tertiary/aromatic N) is 6. The number of benzene rings is 4. The smallest absolute Gasteiger partial charge is 0.456 e. The maximum absolute atomic E-state index is 13.2. The second kappa shape index (κ2) is 32.7. The number of thiocarbonyl (C=S) groups is 1. The zero-order valence-corrected chi connectivity index (χ0v) is 55.9. The number of hydrogen-bond donors (Lipinski definition) is 0. The first-order valence-electron chi connectivity index (χ1n) is 25.8. The van der Waals surface area contributed by atoms with Crippen LogP contribution in [-0.4, -0.2) is 96.5 Å². The molecule has 0 saturated carbocycles. The number of alkyl halides is 5. The summed E-state index contributed by atoms with van der Waals surface area (Å²) >= 11 is 5.43.